The van der Waals surface area contributed by atoms with Gasteiger partial charge in [-0.15, -0.1) is 5.10 Å². The summed E-state index contributed by atoms with van der Waals surface area (Å²) in [6, 6.07) is -1.03. The fourth-order valence-electron chi connectivity index (χ4n) is 2.43. The third-order valence-electron chi connectivity index (χ3n) is 3.56. The van der Waals surface area contributed by atoms with Crippen molar-refractivity contribution in [3.05, 3.63) is 11.4 Å². The lowest BCUT2D eigenvalue weighted by Crippen LogP contribution is -2.46. The molecule has 10 nitrogen and oxygen atoms in total. The molecule has 0 saturated carbocycles. The topological polar surface area (TPSA) is 130 Å². The first kappa shape index (κ1) is 28.6. The molecular weight excluding hydrogens is 448 g/mol. The van der Waals surface area contributed by atoms with E-state index in [1.807, 2.05) is 0 Å². The number of carbonyl (C=O) groups is 3. The molecular formula is C22H36N4O6S. The predicted octanol–water partition coefficient (Wildman–Crippen LogP) is 3.72. The van der Waals surface area contributed by atoms with E-state index < -0.39 is 40.9 Å². The van der Waals surface area contributed by atoms with E-state index in [0.29, 0.717) is 5.16 Å². The zero-order valence-corrected chi connectivity index (χ0v) is 22.0. The van der Waals surface area contributed by atoms with Crippen LogP contribution < -0.4 is 5.32 Å². The van der Waals surface area contributed by atoms with Crippen molar-refractivity contribution in [2.75, 3.05) is 6.26 Å². The number of esters is 2. The Morgan fingerprint density at radius 1 is 0.879 bits per heavy atom. The number of rotatable bonds is 7. The number of alkyl carbamates (subject to hydrolysis) is 1. The largest absolute Gasteiger partial charge is 0.458 e. The van der Waals surface area contributed by atoms with Crippen molar-refractivity contribution in [2.24, 2.45) is 0 Å². The minimum atomic E-state index is -1.03. The molecule has 1 aromatic heterocycles. The maximum atomic E-state index is 12.7. The van der Waals surface area contributed by atoms with Crippen molar-refractivity contribution in [2.45, 2.75) is 103 Å². The number of carbonyl (C=O) groups excluding carboxylic acids is 3. The van der Waals surface area contributed by atoms with Gasteiger partial charge in [0.15, 0.2) is 5.69 Å². The van der Waals surface area contributed by atoms with E-state index in [-0.39, 0.29) is 24.2 Å². The van der Waals surface area contributed by atoms with Gasteiger partial charge in [-0.2, -0.15) is 5.10 Å². The highest BCUT2D eigenvalue weighted by atomic mass is 32.2. The Kier molecular flexibility index (Phi) is 9.65. The molecule has 1 N–H and O–H groups in total. The number of hydrogen-bond acceptors (Lipinski definition) is 10. The second kappa shape index (κ2) is 11.1. The third-order valence-corrected chi connectivity index (χ3v) is 4.10. The van der Waals surface area contributed by atoms with Crippen LogP contribution in [0.4, 0.5) is 4.79 Å². The van der Waals surface area contributed by atoms with Crippen molar-refractivity contribution in [1.29, 1.82) is 0 Å². The van der Waals surface area contributed by atoms with Gasteiger partial charge in [0.05, 0.1) is 5.69 Å². The minimum absolute atomic E-state index is 0.0180. The number of ether oxygens (including phenoxy) is 3. The van der Waals surface area contributed by atoms with Crippen LogP contribution >= 0.6 is 11.8 Å². The number of aromatic nitrogens is 3. The van der Waals surface area contributed by atoms with Crippen LogP contribution in [-0.4, -0.2) is 62.3 Å². The molecule has 1 atom stereocenters. The molecule has 1 aromatic rings. The summed E-state index contributed by atoms with van der Waals surface area (Å²) < 4.78 is 16.2. The van der Waals surface area contributed by atoms with Crippen LogP contribution in [0, 0.1) is 0 Å². The monoisotopic (exact) mass is 484 g/mol. The van der Waals surface area contributed by atoms with E-state index in [0.717, 1.165) is 0 Å². The van der Waals surface area contributed by atoms with Crippen LogP contribution in [-0.2, 0) is 25.4 Å². The summed E-state index contributed by atoms with van der Waals surface area (Å²) in [5.41, 5.74) is -1.95. The minimum Gasteiger partial charge on any atom is -0.458 e. The molecule has 0 aliphatic heterocycles. The van der Waals surface area contributed by atoms with Crippen LogP contribution in [0.2, 0.25) is 0 Å². The molecule has 0 aromatic carbocycles. The Bertz CT molecular complexity index is 856. The van der Waals surface area contributed by atoms with Crippen molar-refractivity contribution in [3.63, 3.8) is 0 Å². The lowest BCUT2D eigenvalue weighted by molar-refractivity contribution is -0.157. The first-order valence-electron chi connectivity index (χ1n) is 10.6. The highest BCUT2D eigenvalue weighted by Gasteiger charge is 2.30. The van der Waals surface area contributed by atoms with Crippen LogP contribution in [0.5, 0.6) is 0 Å². The fraction of sp³-hybridized carbons (Fsp3) is 0.727. The normalized spacial score (nSPS) is 13.2. The average molecular weight is 485 g/mol. The van der Waals surface area contributed by atoms with E-state index in [2.05, 4.69) is 20.5 Å². The van der Waals surface area contributed by atoms with Gasteiger partial charge in [-0.1, -0.05) is 11.8 Å². The Hall–Kier alpha value is -2.43. The SMILES string of the molecule is CSc1nnc(CC[C@H](NC(=O)OC(C)(C)C)C(=O)OC(C)(C)C)c(C(=O)OC(C)(C)C)n1. The van der Waals surface area contributed by atoms with Gasteiger partial charge < -0.3 is 19.5 Å². The Morgan fingerprint density at radius 2 is 1.42 bits per heavy atom. The van der Waals surface area contributed by atoms with Gasteiger partial charge in [0.2, 0.25) is 5.16 Å². The fourth-order valence-corrected chi connectivity index (χ4v) is 2.74. The summed E-state index contributed by atoms with van der Waals surface area (Å²) in [4.78, 5) is 42.0. The highest BCUT2D eigenvalue weighted by molar-refractivity contribution is 7.98. The summed E-state index contributed by atoms with van der Waals surface area (Å²) in [6.45, 7) is 15.6. The van der Waals surface area contributed by atoms with Crippen molar-refractivity contribution < 1.29 is 28.6 Å². The van der Waals surface area contributed by atoms with Crippen molar-refractivity contribution in [1.82, 2.24) is 20.5 Å². The second-order valence-electron chi connectivity index (χ2n) is 10.4. The molecule has 1 amide bonds. The van der Waals surface area contributed by atoms with Crippen molar-refractivity contribution in [3.8, 4) is 0 Å². The molecule has 0 saturated heterocycles. The maximum absolute atomic E-state index is 12.7. The molecule has 0 radical (unpaired) electrons. The average Bonchev–Trinajstić information content (AvgIpc) is 2.60. The van der Waals surface area contributed by atoms with E-state index in [1.54, 1.807) is 68.6 Å². The zero-order chi connectivity index (χ0) is 25.6. The molecule has 186 valence electrons. The summed E-state index contributed by atoms with van der Waals surface area (Å²) in [5.74, 6) is -1.27. The van der Waals surface area contributed by atoms with E-state index in [9.17, 15) is 14.4 Å². The molecule has 0 bridgehead atoms. The smallest absolute Gasteiger partial charge is 0.408 e. The van der Waals surface area contributed by atoms with E-state index in [1.165, 1.54) is 11.8 Å². The summed E-state index contributed by atoms with van der Waals surface area (Å²) >= 11 is 1.24. The number of thioether (sulfide) groups is 1. The molecule has 0 aliphatic carbocycles. The predicted molar refractivity (Wildman–Crippen MR) is 124 cm³/mol. The van der Waals surface area contributed by atoms with Crippen LogP contribution in [0.25, 0.3) is 0 Å². The first-order valence-corrected chi connectivity index (χ1v) is 11.9. The standard InChI is InChI=1S/C22H36N4O6S/c1-20(2,3)30-16(27)14(23-19(29)32-22(7,8)9)12-11-13-15(17(28)31-21(4,5)6)24-18(33-10)26-25-13/h14H,11-12H2,1-10H3,(H,23,29)/t14-/m0/s1. The van der Waals surface area contributed by atoms with Crippen LogP contribution in [0.3, 0.4) is 0 Å². The number of nitrogens with zero attached hydrogens (tertiary/aromatic N) is 3. The summed E-state index contributed by atoms with van der Waals surface area (Å²) in [7, 11) is 0. The number of aryl methyl sites for hydroxylation is 1. The molecule has 11 heteroatoms. The maximum Gasteiger partial charge on any atom is 0.408 e. The van der Waals surface area contributed by atoms with Gasteiger partial charge in [0.25, 0.3) is 0 Å². The van der Waals surface area contributed by atoms with Gasteiger partial charge in [-0.3, -0.25) is 0 Å². The van der Waals surface area contributed by atoms with Gasteiger partial charge in [0, 0.05) is 0 Å². The third kappa shape index (κ3) is 11.3. The van der Waals surface area contributed by atoms with E-state index >= 15 is 0 Å². The molecule has 0 fully saturated rings. The summed E-state index contributed by atoms with van der Waals surface area (Å²) in [6.07, 6.45) is 1.20. The molecule has 0 unspecified atom stereocenters. The van der Waals surface area contributed by atoms with Crippen LogP contribution in [0.1, 0.15) is 84.9 Å². The zero-order valence-electron chi connectivity index (χ0n) is 21.2. The van der Waals surface area contributed by atoms with E-state index in [4.69, 9.17) is 14.2 Å². The lowest BCUT2D eigenvalue weighted by atomic mass is 10.1. The number of amides is 1. The molecule has 1 rings (SSSR count). The van der Waals surface area contributed by atoms with Gasteiger partial charge in [-0.05, 0) is 81.4 Å². The Labute approximate surface area is 199 Å². The molecule has 0 aliphatic rings. The number of hydrogen-bond donors (Lipinski definition) is 1. The Morgan fingerprint density at radius 3 is 1.91 bits per heavy atom. The summed E-state index contributed by atoms with van der Waals surface area (Å²) in [5, 5.41) is 11.0. The molecule has 33 heavy (non-hydrogen) atoms. The first-order chi connectivity index (χ1) is 14.9. The highest BCUT2D eigenvalue weighted by Crippen LogP contribution is 2.18. The van der Waals surface area contributed by atoms with Crippen molar-refractivity contribution >= 4 is 29.8 Å². The molecule has 0 spiro atoms. The van der Waals surface area contributed by atoms with Gasteiger partial charge in [-0.25, -0.2) is 19.4 Å². The van der Waals surface area contributed by atoms with Gasteiger partial charge in [0.1, 0.15) is 22.8 Å². The molecule has 1 heterocycles. The Balaban J connectivity index is 3.14. The van der Waals surface area contributed by atoms with Crippen LogP contribution in [0.15, 0.2) is 5.16 Å². The second-order valence-corrected chi connectivity index (χ2v) is 11.1. The van der Waals surface area contributed by atoms with Gasteiger partial charge >= 0.3 is 18.0 Å². The quantitative estimate of drug-likeness (QED) is 0.347. The number of nitrogens with one attached hydrogen (secondary N) is 1. The lowest BCUT2D eigenvalue weighted by Gasteiger charge is -2.26.